The van der Waals surface area contributed by atoms with Crippen LogP contribution in [0.1, 0.15) is 27.2 Å². The fourth-order valence-corrected chi connectivity index (χ4v) is 5.42. The molecule has 0 spiro atoms. The van der Waals surface area contributed by atoms with E-state index in [-0.39, 0.29) is 42.8 Å². The average molecular weight is 403 g/mol. The second-order valence-electron chi connectivity index (χ2n) is 8.32. The number of piperazine rings is 1. The zero-order valence-electron chi connectivity index (χ0n) is 16.4. The Morgan fingerprint density at radius 3 is 2.07 bits per heavy atom. The largest absolute Gasteiger partial charge is 0.379 e. The van der Waals surface area contributed by atoms with Crippen molar-refractivity contribution >= 4 is 22.0 Å². The maximum absolute atomic E-state index is 12.8. The van der Waals surface area contributed by atoms with Crippen molar-refractivity contribution in [1.82, 2.24) is 18.4 Å². The molecule has 0 aliphatic carbocycles. The van der Waals surface area contributed by atoms with Crippen LogP contribution in [0.3, 0.4) is 0 Å². The summed E-state index contributed by atoms with van der Waals surface area (Å²) < 4.78 is 33.5. The minimum absolute atomic E-state index is 0.00869. The summed E-state index contributed by atoms with van der Waals surface area (Å²) in [6, 6.07) is 0. The Balaban J connectivity index is 1.56. The third-order valence-electron chi connectivity index (χ3n) is 5.46. The van der Waals surface area contributed by atoms with Gasteiger partial charge in [0.2, 0.25) is 11.8 Å². The number of rotatable bonds is 3. The highest BCUT2D eigenvalue weighted by atomic mass is 32.2. The molecule has 0 bridgehead atoms. The van der Waals surface area contributed by atoms with E-state index in [0.29, 0.717) is 45.9 Å². The first kappa shape index (κ1) is 20.5. The van der Waals surface area contributed by atoms with Gasteiger partial charge in [0.25, 0.3) is 10.2 Å². The maximum atomic E-state index is 12.8. The Morgan fingerprint density at radius 1 is 1.00 bits per heavy atom. The lowest BCUT2D eigenvalue weighted by molar-refractivity contribution is -0.137. The van der Waals surface area contributed by atoms with Crippen LogP contribution >= 0.6 is 0 Å². The van der Waals surface area contributed by atoms with Gasteiger partial charge in [0.15, 0.2) is 0 Å². The summed E-state index contributed by atoms with van der Waals surface area (Å²) in [5.74, 6) is -0.368. The molecule has 0 saturated carbocycles. The Labute approximate surface area is 161 Å². The van der Waals surface area contributed by atoms with Crippen LogP contribution in [0.4, 0.5) is 0 Å². The van der Waals surface area contributed by atoms with Gasteiger partial charge in [-0.2, -0.15) is 17.0 Å². The van der Waals surface area contributed by atoms with Crippen molar-refractivity contribution in [1.29, 1.82) is 0 Å². The van der Waals surface area contributed by atoms with E-state index in [1.54, 1.807) is 9.80 Å². The van der Waals surface area contributed by atoms with Gasteiger partial charge in [-0.25, -0.2) is 0 Å². The van der Waals surface area contributed by atoms with Gasteiger partial charge in [-0.3, -0.25) is 9.59 Å². The van der Waals surface area contributed by atoms with Gasteiger partial charge in [-0.15, -0.1) is 0 Å². The number of carbonyl (C=O) groups is 2. The van der Waals surface area contributed by atoms with Crippen molar-refractivity contribution in [2.24, 2.45) is 5.92 Å². The van der Waals surface area contributed by atoms with Crippen molar-refractivity contribution in [3.63, 3.8) is 0 Å². The molecule has 3 aliphatic rings. The smallest absolute Gasteiger partial charge is 0.282 e. The lowest BCUT2D eigenvalue weighted by atomic mass is 10.1. The van der Waals surface area contributed by atoms with Crippen LogP contribution < -0.4 is 0 Å². The summed E-state index contributed by atoms with van der Waals surface area (Å²) in [6.07, 6.45) is 0.238. The highest BCUT2D eigenvalue weighted by Crippen LogP contribution is 2.27. The number of hydrogen-bond acceptors (Lipinski definition) is 5. The number of nitrogens with zero attached hydrogens (tertiary/aromatic N) is 4. The second kappa shape index (κ2) is 7.65. The monoisotopic (exact) mass is 402 g/mol. The summed E-state index contributed by atoms with van der Waals surface area (Å²) in [5, 5.41) is 0. The van der Waals surface area contributed by atoms with Gasteiger partial charge in [0.05, 0.1) is 19.1 Å². The third-order valence-corrected chi connectivity index (χ3v) is 7.49. The molecular formula is C17H30N4O5S. The standard InChI is InChI=1S/C17H30N4O5S/c1-17(2,3)21-13-14(12-15(21)22)16(23)18-4-6-19(7-5-18)27(24,25)20-8-10-26-11-9-20/h14H,4-13H2,1-3H3. The molecular weight excluding hydrogens is 372 g/mol. The van der Waals surface area contributed by atoms with Crippen molar-refractivity contribution < 1.29 is 22.7 Å². The topological polar surface area (TPSA) is 90.5 Å². The van der Waals surface area contributed by atoms with E-state index in [1.165, 1.54) is 8.61 Å². The lowest BCUT2D eigenvalue weighted by Gasteiger charge is -2.38. The molecule has 9 nitrogen and oxygen atoms in total. The first-order valence-corrected chi connectivity index (χ1v) is 10.9. The van der Waals surface area contributed by atoms with Gasteiger partial charge in [0.1, 0.15) is 0 Å². The molecule has 0 aromatic heterocycles. The van der Waals surface area contributed by atoms with Gasteiger partial charge in [-0.1, -0.05) is 0 Å². The van der Waals surface area contributed by atoms with Crippen LogP contribution in [0.2, 0.25) is 0 Å². The molecule has 27 heavy (non-hydrogen) atoms. The van der Waals surface area contributed by atoms with E-state index in [9.17, 15) is 18.0 Å². The first-order chi connectivity index (χ1) is 12.6. The number of carbonyl (C=O) groups excluding carboxylic acids is 2. The zero-order valence-corrected chi connectivity index (χ0v) is 17.2. The third kappa shape index (κ3) is 4.28. The summed E-state index contributed by atoms with van der Waals surface area (Å²) in [6.45, 7) is 9.20. The molecule has 3 saturated heterocycles. The van der Waals surface area contributed by atoms with Gasteiger partial charge in [-0.05, 0) is 20.8 Å². The normalized spacial score (nSPS) is 26.6. The number of amides is 2. The van der Waals surface area contributed by atoms with Crippen LogP contribution in [0, 0.1) is 5.92 Å². The summed E-state index contributed by atoms with van der Waals surface area (Å²) in [7, 11) is -3.50. The fourth-order valence-electron chi connectivity index (χ4n) is 3.86. The SMILES string of the molecule is CC(C)(C)N1CC(C(=O)N2CCN(S(=O)(=O)N3CCOCC3)CC2)CC1=O. The van der Waals surface area contributed by atoms with Crippen LogP contribution in [-0.2, 0) is 24.5 Å². The molecule has 0 radical (unpaired) electrons. The van der Waals surface area contributed by atoms with E-state index in [0.717, 1.165) is 0 Å². The average Bonchev–Trinajstić information content (AvgIpc) is 3.04. The molecule has 2 amide bonds. The minimum Gasteiger partial charge on any atom is -0.379 e. The number of hydrogen-bond donors (Lipinski definition) is 0. The van der Waals surface area contributed by atoms with Crippen molar-refractivity contribution in [2.45, 2.75) is 32.7 Å². The number of likely N-dealkylation sites (tertiary alicyclic amines) is 1. The summed E-state index contributed by atoms with van der Waals surface area (Å²) >= 11 is 0. The van der Waals surface area contributed by atoms with Crippen LogP contribution in [0.5, 0.6) is 0 Å². The molecule has 0 N–H and O–H groups in total. The first-order valence-electron chi connectivity index (χ1n) is 9.53. The van der Waals surface area contributed by atoms with Crippen LogP contribution in [0.25, 0.3) is 0 Å². The minimum atomic E-state index is -3.50. The molecule has 0 aromatic carbocycles. The van der Waals surface area contributed by atoms with Crippen LogP contribution in [0.15, 0.2) is 0 Å². The molecule has 0 aromatic rings. The molecule has 1 unspecified atom stereocenters. The summed E-state index contributed by atoms with van der Waals surface area (Å²) in [4.78, 5) is 28.5. The maximum Gasteiger partial charge on any atom is 0.282 e. The zero-order chi connectivity index (χ0) is 19.8. The highest BCUT2D eigenvalue weighted by molar-refractivity contribution is 7.86. The van der Waals surface area contributed by atoms with E-state index < -0.39 is 10.2 Å². The fraction of sp³-hybridized carbons (Fsp3) is 0.882. The second-order valence-corrected chi connectivity index (χ2v) is 10.2. The molecule has 3 fully saturated rings. The Hall–Kier alpha value is -1.23. The van der Waals surface area contributed by atoms with E-state index in [4.69, 9.17) is 4.74 Å². The Morgan fingerprint density at radius 2 is 1.56 bits per heavy atom. The number of morpholine rings is 1. The van der Waals surface area contributed by atoms with E-state index >= 15 is 0 Å². The Bertz CT molecular complexity index is 676. The molecule has 10 heteroatoms. The molecule has 3 heterocycles. The van der Waals surface area contributed by atoms with Crippen molar-refractivity contribution in [3.05, 3.63) is 0 Å². The van der Waals surface area contributed by atoms with Gasteiger partial charge in [0, 0.05) is 57.8 Å². The van der Waals surface area contributed by atoms with Crippen molar-refractivity contribution in [2.75, 3.05) is 59.0 Å². The molecule has 1 atom stereocenters. The highest BCUT2D eigenvalue weighted by Gasteiger charge is 2.42. The predicted octanol–water partition coefficient (Wildman–Crippen LogP) is -0.645. The van der Waals surface area contributed by atoms with Gasteiger partial charge >= 0.3 is 0 Å². The van der Waals surface area contributed by atoms with E-state index in [1.807, 2.05) is 20.8 Å². The molecule has 3 aliphatic heterocycles. The molecule has 3 rings (SSSR count). The molecule has 154 valence electrons. The van der Waals surface area contributed by atoms with Gasteiger partial charge < -0.3 is 14.5 Å². The van der Waals surface area contributed by atoms with Crippen LogP contribution in [-0.4, -0.2) is 103 Å². The number of ether oxygens (including phenoxy) is 1. The Kier molecular flexibility index (Phi) is 5.81. The quantitative estimate of drug-likeness (QED) is 0.626. The predicted molar refractivity (Wildman–Crippen MR) is 99.0 cm³/mol. The summed E-state index contributed by atoms with van der Waals surface area (Å²) in [5.41, 5.74) is -0.295. The lowest BCUT2D eigenvalue weighted by Crippen LogP contribution is -2.56. The van der Waals surface area contributed by atoms with E-state index in [2.05, 4.69) is 0 Å². The van der Waals surface area contributed by atoms with Crippen molar-refractivity contribution in [3.8, 4) is 0 Å².